The molecule has 2 rings (SSSR count). The monoisotopic (exact) mass is 451 g/mol. The maximum absolute atomic E-state index is 4.35. The number of hydrogen-bond acceptors (Lipinski definition) is 4. The number of halogens is 1. The van der Waals surface area contributed by atoms with E-state index < -0.39 is 0 Å². The molecule has 0 amide bonds. The Balaban J connectivity index is 0.00000264. The zero-order chi connectivity index (χ0) is 15.8. The van der Waals surface area contributed by atoms with E-state index in [4.69, 9.17) is 0 Å². The van der Waals surface area contributed by atoms with Crippen molar-refractivity contribution in [2.24, 2.45) is 10.9 Å². The zero-order valence-corrected chi connectivity index (χ0v) is 17.6. The van der Waals surface area contributed by atoms with Crippen LogP contribution < -0.4 is 10.6 Å². The molecule has 0 saturated carbocycles. The molecule has 1 aliphatic heterocycles. The van der Waals surface area contributed by atoms with Crippen molar-refractivity contribution >= 4 is 41.3 Å². The third-order valence-electron chi connectivity index (χ3n) is 4.12. The number of aromatic nitrogens is 1. The average Bonchev–Trinajstić information content (AvgIpc) is 2.94. The summed E-state index contributed by atoms with van der Waals surface area (Å²) < 4.78 is 0. The van der Waals surface area contributed by atoms with Gasteiger partial charge in [0.25, 0.3) is 0 Å². The van der Waals surface area contributed by atoms with Crippen LogP contribution >= 0.6 is 35.3 Å². The SMILES string of the molecule is CN=C(NCCCN1CCC(C)CC1)NCc1ncc(C)s1.I. The van der Waals surface area contributed by atoms with Crippen molar-refractivity contribution in [3.63, 3.8) is 0 Å². The van der Waals surface area contributed by atoms with E-state index in [1.807, 2.05) is 13.2 Å². The van der Waals surface area contributed by atoms with Gasteiger partial charge in [0.2, 0.25) is 0 Å². The Labute approximate surface area is 161 Å². The molecule has 23 heavy (non-hydrogen) atoms. The van der Waals surface area contributed by atoms with Gasteiger partial charge >= 0.3 is 0 Å². The fourth-order valence-corrected chi connectivity index (χ4v) is 3.39. The second-order valence-electron chi connectivity index (χ2n) is 6.09. The van der Waals surface area contributed by atoms with Gasteiger partial charge in [-0.1, -0.05) is 6.92 Å². The van der Waals surface area contributed by atoms with Gasteiger partial charge in [-0.3, -0.25) is 4.99 Å². The Morgan fingerprint density at radius 3 is 2.74 bits per heavy atom. The third-order valence-corrected chi connectivity index (χ3v) is 5.03. The molecule has 0 aliphatic carbocycles. The number of rotatable bonds is 6. The topological polar surface area (TPSA) is 52.6 Å². The van der Waals surface area contributed by atoms with Crippen LogP contribution in [0.3, 0.4) is 0 Å². The molecule has 0 unspecified atom stereocenters. The number of aryl methyl sites for hydroxylation is 1. The minimum atomic E-state index is 0. The number of nitrogens with one attached hydrogen (secondary N) is 2. The van der Waals surface area contributed by atoms with Gasteiger partial charge in [-0.15, -0.1) is 35.3 Å². The summed E-state index contributed by atoms with van der Waals surface area (Å²) in [4.78, 5) is 12.4. The maximum atomic E-state index is 4.35. The number of nitrogens with zero attached hydrogens (tertiary/aromatic N) is 3. The smallest absolute Gasteiger partial charge is 0.191 e. The highest BCUT2D eigenvalue weighted by molar-refractivity contribution is 14.0. The Morgan fingerprint density at radius 1 is 1.39 bits per heavy atom. The van der Waals surface area contributed by atoms with Crippen molar-refractivity contribution in [2.75, 3.05) is 33.2 Å². The Hall–Kier alpha value is -0.410. The molecule has 0 radical (unpaired) electrons. The minimum absolute atomic E-state index is 0. The molecule has 1 fully saturated rings. The predicted molar refractivity (Wildman–Crippen MR) is 110 cm³/mol. The lowest BCUT2D eigenvalue weighted by Crippen LogP contribution is -2.39. The molecular formula is C16H30IN5S. The van der Waals surface area contributed by atoms with E-state index in [9.17, 15) is 0 Å². The number of guanidine groups is 1. The van der Waals surface area contributed by atoms with Crippen LogP contribution in [-0.2, 0) is 6.54 Å². The summed E-state index contributed by atoms with van der Waals surface area (Å²) >= 11 is 1.72. The number of aliphatic imine (C=N–C) groups is 1. The Kier molecular flexibility index (Phi) is 10.0. The average molecular weight is 451 g/mol. The summed E-state index contributed by atoms with van der Waals surface area (Å²) in [7, 11) is 1.81. The summed E-state index contributed by atoms with van der Waals surface area (Å²) in [5.74, 6) is 1.77. The van der Waals surface area contributed by atoms with Gasteiger partial charge in [-0.2, -0.15) is 0 Å². The molecule has 1 aromatic rings. The van der Waals surface area contributed by atoms with E-state index in [0.29, 0.717) is 0 Å². The lowest BCUT2D eigenvalue weighted by atomic mass is 9.99. The highest BCUT2D eigenvalue weighted by Gasteiger charge is 2.14. The first-order chi connectivity index (χ1) is 10.7. The van der Waals surface area contributed by atoms with Crippen molar-refractivity contribution in [3.05, 3.63) is 16.1 Å². The van der Waals surface area contributed by atoms with Gasteiger partial charge in [0.1, 0.15) is 5.01 Å². The van der Waals surface area contributed by atoms with Crippen molar-refractivity contribution in [2.45, 2.75) is 39.7 Å². The van der Waals surface area contributed by atoms with Gasteiger partial charge in [-0.05, 0) is 51.7 Å². The number of piperidine rings is 1. The third kappa shape index (κ3) is 7.80. The van der Waals surface area contributed by atoms with Gasteiger partial charge in [0.05, 0.1) is 6.54 Å². The van der Waals surface area contributed by atoms with E-state index in [1.54, 1.807) is 11.3 Å². The Bertz CT molecular complexity index is 469. The van der Waals surface area contributed by atoms with Crippen LogP contribution in [0.4, 0.5) is 0 Å². The molecule has 1 aliphatic rings. The molecule has 0 aromatic carbocycles. The van der Waals surface area contributed by atoms with Crippen molar-refractivity contribution in [1.82, 2.24) is 20.5 Å². The molecule has 132 valence electrons. The second kappa shape index (κ2) is 11.2. The molecule has 0 spiro atoms. The predicted octanol–water partition coefficient (Wildman–Crippen LogP) is 2.86. The fraction of sp³-hybridized carbons (Fsp3) is 0.750. The maximum Gasteiger partial charge on any atom is 0.191 e. The largest absolute Gasteiger partial charge is 0.356 e. The first kappa shape index (κ1) is 20.6. The first-order valence-electron chi connectivity index (χ1n) is 8.25. The van der Waals surface area contributed by atoms with Gasteiger partial charge in [0.15, 0.2) is 5.96 Å². The van der Waals surface area contributed by atoms with Gasteiger partial charge in [0, 0.05) is 24.7 Å². The summed E-state index contributed by atoms with van der Waals surface area (Å²) in [6, 6.07) is 0. The van der Waals surface area contributed by atoms with E-state index in [1.165, 1.54) is 37.4 Å². The van der Waals surface area contributed by atoms with Crippen LogP contribution in [0.5, 0.6) is 0 Å². The minimum Gasteiger partial charge on any atom is -0.356 e. The van der Waals surface area contributed by atoms with E-state index in [-0.39, 0.29) is 24.0 Å². The summed E-state index contributed by atoms with van der Waals surface area (Å²) in [6.45, 7) is 9.84. The normalized spacial score (nSPS) is 16.9. The molecular weight excluding hydrogens is 421 g/mol. The first-order valence-corrected chi connectivity index (χ1v) is 9.07. The lowest BCUT2D eigenvalue weighted by molar-refractivity contribution is 0.191. The molecule has 2 N–H and O–H groups in total. The quantitative estimate of drug-likeness (QED) is 0.302. The lowest BCUT2D eigenvalue weighted by Gasteiger charge is -2.30. The number of hydrogen-bond donors (Lipinski definition) is 2. The standard InChI is InChI=1S/C16H29N5S.HI/c1-13-5-9-21(10-6-13)8-4-7-18-16(17-3)20-12-15-19-11-14(2)22-15;/h11,13H,4-10,12H2,1-3H3,(H2,17,18,20);1H. The van der Waals surface area contributed by atoms with Gasteiger partial charge in [-0.25, -0.2) is 4.98 Å². The highest BCUT2D eigenvalue weighted by Crippen LogP contribution is 2.15. The van der Waals surface area contributed by atoms with Crippen LogP contribution in [0.2, 0.25) is 0 Å². The van der Waals surface area contributed by atoms with Crippen molar-refractivity contribution < 1.29 is 0 Å². The van der Waals surface area contributed by atoms with Crippen LogP contribution in [0.25, 0.3) is 0 Å². The van der Waals surface area contributed by atoms with Crippen LogP contribution in [0.1, 0.15) is 36.1 Å². The molecule has 2 heterocycles. The molecule has 0 atom stereocenters. The van der Waals surface area contributed by atoms with Crippen LogP contribution in [0, 0.1) is 12.8 Å². The summed E-state index contributed by atoms with van der Waals surface area (Å²) in [5, 5.41) is 7.80. The second-order valence-corrected chi connectivity index (χ2v) is 7.41. The van der Waals surface area contributed by atoms with E-state index in [0.717, 1.165) is 36.4 Å². The van der Waals surface area contributed by atoms with Crippen molar-refractivity contribution in [1.29, 1.82) is 0 Å². The zero-order valence-electron chi connectivity index (χ0n) is 14.5. The number of thiazole rings is 1. The summed E-state index contributed by atoms with van der Waals surface area (Å²) in [5.41, 5.74) is 0. The fourth-order valence-electron chi connectivity index (χ4n) is 2.66. The van der Waals surface area contributed by atoms with Crippen LogP contribution in [0.15, 0.2) is 11.2 Å². The van der Waals surface area contributed by atoms with E-state index >= 15 is 0 Å². The molecule has 1 aromatic heterocycles. The Morgan fingerprint density at radius 2 is 2.13 bits per heavy atom. The molecule has 5 nitrogen and oxygen atoms in total. The van der Waals surface area contributed by atoms with Crippen molar-refractivity contribution in [3.8, 4) is 0 Å². The van der Waals surface area contributed by atoms with Crippen LogP contribution in [-0.4, -0.2) is 49.1 Å². The molecule has 1 saturated heterocycles. The summed E-state index contributed by atoms with van der Waals surface area (Å²) in [6.07, 6.45) is 5.77. The number of likely N-dealkylation sites (tertiary alicyclic amines) is 1. The highest BCUT2D eigenvalue weighted by atomic mass is 127. The van der Waals surface area contributed by atoms with Gasteiger partial charge < -0.3 is 15.5 Å². The molecule has 0 bridgehead atoms. The van der Waals surface area contributed by atoms with E-state index in [2.05, 4.69) is 39.4 Å². The molecule has 7 heteroatoms.